The van der Waals surface area contributed by atoms with Crippen molar-refractivity contribution in [3.05, 3.63) is 93.7 Å². The Balaban J connectivity index is 2.10. The van der Waals surface area contributed by atoms with Gasteiger partial charge in [0.2, 0.25) is 11.8 Å². The molecule has 0 unspecified atom stereocenters. The van der Waals surface area contributed by atoms with Gasteiger partial charge in [-0.1, -0.05) is 60.0 Å². The first-order valence-electron chi connectivity index (χ1n) is 13.0. The summed E-state index contributed by atoms with van der Waals surface area (Å²) in [6.07, 6.45) is 0.253. The third-order valence-electron chi connectivity index (χ3n) is 6.17. The smallest absolute Gasteiger partial charge is 0.264 e. The fourth-order valence-corrected chi connectivity index (χ4v) is 6.12. The standard InChI is InChI=1S/C30H34Cl2FN3O4S/c1-6-27(29(38)34-30(3,4)5)35(18-21-9-11-24(33)12-10-21)28(37)19-36(25-16-22(31)15-23(32)17-25)41(39,40)26-13-7-20(2)8-14-26/h7-17,27H,6,18-19H2,1-5H3,(H,34,38)/t27-/m0/s1. The molecule has 1 N–H and O–H groups in total. The molecule has 0 aliphatic carbocycles. The molecule has 0 radical (unpaired) electrons. The summed E-state index contributed by atoms with van der Waals surface area (Å²) in [5, 5.41) is 3.27. The molecule has 11 heteroatoms. The van der Waals surface area contributed by atoms with Crippen molar-refractivity contribution in [2.24, 2.45) is 0 Å². The van der Waals surface area contributed by atoms with Gasteiger partial charge < -0.3 is 10.2 Å². The molecule has 3 aromatic rings. The van der Waals surface area contributed by atoms with Crippen molar-refractivity contribution in [3.63, 3.8) is 0 Å². The molecule has 0 fully saturated rings. The van der Waals surface area contributed by atoms with Crippen molar-refractivity contribution in [2.75, 3.05) is 10.8 Å². The summed E-state index contributed by atoms with van der Waals surface area (Å²) in [5.74, 6) is -1.48. The van der Waals surface area contributed by atoms with Crippen LogP contribution in [0.15, 0.2) is 71.6 Å². The number of hydrogen-bond donors (Lipinski definition) is 1. The van der Waals surface area contributed by atoms with Gasteiger partial charge in [0.25, 0.3) is 10.0 Å². The van der Waals surface area contributed by atoms with Crippen LogP contribution in [0.5, 0.6) is 0 Å². The maximum atomic E-state index is 14.1. The Hall–Kier alpha value is -3.14. The Bertz CT molecular complexity index is 1470. The Morgan fingerprint density at radius 1 is 0.951 bits per heavy atom. The van der Waals surface area contributed by atoms with Crippen LogP contribution in [0.3, 0.4) is 0 Å². The number of carbonyl (C=O) groups is 2. The van der Waals surface area contributed by atoms with E-state index in [1.54, 1.807) is 19.1 Å². The fourth-order valence-electron chi connectivity index (χ4n) is 4.21. The maximum absolute atomic E-state index is 14.1. The molecule has 0 aliphatic heterocycles. The highest BCUT2D eigenvalue weighted by Gasteiger charge is 2.34. The third-order valence-corrected chi connectivity index (χ3v) is 8.40. The van der Waals surface area contributed by atoms with Crippen molar-refractivity contribution in [1.29, 1.82) is 0 Å². The fraction of sp³-hybridized carbons (Fsp3) is 0.333. The molecule has 0 saturated carbocycles. The monoisotopic (exact) mass is 621 g/mol. The van der Waals surface area contributed by atoms with Gasteiger partial charge in [-0.05, 0) is 82.1 Å². The van der Waals surface area contributed by atoms with E-state index < -0.39 is 45.8 Å². The van der Waals surface area contributed by atoms with Gasteiger partial charge in [-0.3, -0.25) is 13.9 Å². The molecule has 1 atom stereocenters. The summed E-state index contributed by atoms with van der Waals surface area (Å²) in [4.78, 5) is 28.7. The summed E-state index contributed by atoms with van der Waals surface area (Å²) >= 11 is 12.4. The number of halogens is 3. The molecular weight excluding hydrogens is 588 g/mol. The number of anilines is 1. The molecule has 0 heterocycles. The van der Waals surface area contributed by atoms with E-state index in [2.05, 4.69) is 5.32 Å². The van der Waals surface area contributed by atoms with Crippen molar-refractivity contribution in [1.82, 2.24) is 10.2 Å². The van der Waals surface area contributed by atoms with Crippen LogP contribution in [0, 0.1) is 12.7 Å². The van der Waals surface area contributed by atoms with E-state index in [-0.39, 0.29) is 33.6 Å². The minimum Gasteiger partial charge on any atom is -0.350 e. The van der Waals surface area contributed by atoms with E-state index in [1.165, 1.54) is 59.5 Å². The van der Waals surface area contributed by atoms with E-state index in [0.717, 1.165) is 9.87 Å². The van der Waals surface area contributed by atoms with Crippen molar-refractivity contribution in [3.8, 4) is 0 Å². The van der Waals surface area contributed by atoms with Gasteiger partial charge in [-0.25, -0.2) is 12.8 Å². The number of nitrogens with one attached hydrogen (secondary N) is 1. The number of amides is 2. The number of benzene rings is 3. The Morgan fingerprint density at radius 2 is 1.51 bits per heavy atom. The first kappa shape index (κ1) is 32.4. The SMILES string of the molecule is CC[C@@H](C(=O)NC(C)(C)C)N(Cc1ccc(F)cc1)C(=O)CN(c1cc(Cl)cc(Cl)c1)S(=O)(=O)c1ccc(C)cc1. The Morgan fingerprint density at radius 3 is 2.02 bits per heavy atom. The summed E-state index contributed by atoms with van der Waals surface area (Å²) in [5.41, 5.74) is 0.942. The van der Waals surface area contributed by atoms with Gasteiger partial charge in [0, 0.05) is 22.1 Å². The van der Waals surface area contributed by atoms with Crippen LogP contribution in [-0.4, -0.2) is 43.3 Å². The second-order valence-electron chi connectivity index (χ2n) is 10.8. The average molecular weight is 623 g/mol. The number of carbonyl (C=O) groups excluding carboxylic acids is 2. The Labute approximate surface area is 251 Å². The molecule has 0 spiro atoms. The molecule has 0 bridgehead atoms. The minimum absolute atomic E-state index is 0.0328. The number of nitrogens with zero attached hydrogens (tertiary/aromatic N) is 2. The van der Waals surface area contributed by atoms with Crippen LogP contribution in [-0.2, 0) is 26.2 Å². The van der Waals surface area contributed by atoms with E-state index >= 15 is 0 Å². The molecule has 0 aliphatic rings. The van der Waals surface area contributed by atoms with Gasteiger partial charge in [0.15, 0.2) is 0 Å². The molecule has 0 aromatic heterocycles. The predicted molar refractivity (Wildman–Crippen MR) is 161 cm³/mol. The van der Waals surface area contributed by atoms with Crippen LogP contribution in [0.2, 0.25) is 10.0 Å². The normalized spacial score (nSPS) is 12.5. The molecule has 41 heavy (non-hydrogen) atoms. The molecule has 0 saturated heterocycles. The number of hydrogen-bond acceptors (Lipinski definition) is 4. The molecule has 3 rings (SSSR count). The average Bonchev–Trinajstić information content (AvgIpc) is 2.86. The molecule has 2 amide bonds. The summed E-state index contributed by atoms with van der Waals surface area (Å²) < 4.78 is 42.4. The zero-order valence-corrected chi connectivity index (χ0v) is 25.9. The van der Waals surface area contributed by atoms with Crippen molar-refractivity contribution in [2.45, 2.75) is 64.1 Å². The molecular formula is C30H34Cl2FN3O4S. The minimum atomic E-state index is -4.27. The van der Waals surface area contributed by atoms with E-state index in [0.29, 0.717) is 5.56 Å². The second-order valence-corrected chi connectivity index (χ2v) is 13.5. The van der Waals surface area contributed by atoms with E-state index in [4.69, 9.17) is 23.2 Å². The first-order chi connectivity index (χ1) is 19.1. The van der Waals surface area contributed by atoms with Gasteiger partial charge in [-0.2, -0.15) is 0 Å². The van der Waals surface area contributed by atoms with Crippen LogP contribution >= 0.6 is 23.2 Å². The first-order valence-corrected chi connectivity index (χ1v) is 15.2. The van der Waals surface area contributed by atoms with Gasteiger partial charge in [-0.15, -0.1) is 0 Å². The lowest BCUT2D eigenvalue weighted by atomic mass is 10.1. The van der Waals surface area contributed by atoms with E-state index in [9.17, 15) is 22.4 Å². The zero-order chi connectivity index (χ0) is 30.5. The van der Waals surface area contributed by atoms with Crippen molar-refractivity contribution >= 4 is 50.7 Å². The topological polar surface area (TPSA) is 86.8 Å². The molecule has 220 valence electrons. The lowest BCUT2D eigenvalue weighted by Gasteiger charge is -2.34. The summed E-state index contributed by atoms with van der Waals surface area (Å²) in [6.45, 7) is 8.36. The molecule has 7 nitrogen and oxygen atoms in total. The number of sulfonamides is 1. The van der Waals surface area contributed by atoms with Gasteiger partial charge in [0.1, 0.15) is 18.4 Å². The third kappa shape index (κ3) is 8.67. The van der Waals surface area contributed by atoms with Gasteiger partial charge in [0.05, 0.1) is 10.6 Å². The van der Waals surface area contributed by atoms with Crippen LogP contribution in [0.25, 0.3) is 0 Å². The lowest BCUT2D eigenvalue weighted by molar-refractivity contribution is -0.141. The Kier molecular flexibility index (Phi) is 10.4. The maximum Gasteiger partial charge on any atom is 0.264 e. The largest absolute Gasteiger partial charge is 0.350 e. The second kappa shape index (κ2) is 13.2. The van der Waals surface area contributed by atoms with Crippen LogP contribution < -0.4 is 9.62 Å². The predicted octanol–water partition coefficient (Wildman–Crippen LogP) is 6.36. The highest BCUT2D eigenvalue weighted by Crippen LogP contribution is 2.30. The summed E-state index contributed by atoms with van der Waals surface area (Å²) in [7, 11) is -4.27. The van der Waals surface area contributed by atoms with Crippen LogP contribution in [0.1, 0.15) is 45.2 Å². The highest BCUT2D eigenvalue weighted by molar-refractivity contribution is 7.92. The highest BCUT2D eigenvalue weighted by atomic mass is 35.5. The quantitative estimate of drug-likeness (QED) is 0.285. The lowest BCUT2D eigenvalue weighted by Crippen LogP contribution is -2.55. The number of aryl methyl sites for hydroxylation is 1. The number of rotatable bonds is 10. The van der Waals surface area contributed by atoms with E-state index in [1.807, 2.05) is 27.7 Å². The van der Waals surface area contributed by atoms with Crippen molar-refractivity contribution < 1.29 is 22.4 Å². The summed E-state index contributed by atoms with van der Waals surface area (Å²) in [6, 6.07) is 15.1. The van der Waals surface area contributed by atoms with Crippen LogP contribution in [0.4, 0.5) is 10.1 Å². The van der Waals surface area contributed by atoms with Gasteiger partial charge >= 0.3 is 0 Å². The zero-order valence-electron chi connectivity index (χ0n) is 23.6. The molecule has 3 aromatic carbocycles.